The van der Waals surface area contributed by atoms with Crippen LogP contribution < -0.4 is 20.1 Å². The number of amides is 2. The maximum Gasteiger partial charge on any atom is 0.387 e. The zero-order valence-electron chi connectivity index (χ0n) is 16.6. The number of methoxy groups -OCH3 is 1. The van der Waals surface area contributed by atoms with Crippen LogP contribution in [0.5, 0.6) is 11.5 Å². The topological polar surface area (TPSA) is 76.7 Å². The molecule has 0 aliphatic rings. The lowest BCUT2D eigenvalue weighted by Crippen LogP contribution is -2.32. The maximum absolute atomic E-state index is 12.8. The van der Waals surface area contributed by atoms with Crippen molar-refractivity contribution in [2.45, 2.75) is 6.61 Å². The van der Waals surface area contributed by atoms with Gasteiger partial charge in [-0.2, -0.15) is 8.78 Å². The molecular weight excluding hydrogens is 406 g/mol. The number of hydrogen-bond acceptors (Lipinski definition) is 4. The molecule has 6 nitrogen and oxygen atoms in total. The van der Waals surface area contributed by atoms with E-state index in [-0.39, 0.29) is 18.2 Å². The van der Waals surface area contributed by atoms with E-state index in [4.69, 9.17) is 4.74 Å². The maximum atomic E-state index is 12.8. The molecule has 0 unspecified atom stereocenters. The van der Waals surface area contributed by atoms with E-state index in [1.807, 2.05) is 0 Å². The predicted molar refractivity (Wildman–Crippen MR) is 112 cm³/mol. The van der Waals surface area contributed by atoms with Crippen molar-refractivity contribution in [3.8, 4) is 22.6 Å². The lowest BCUT2D eigenvalue weighted by molar-refractivity contribution is -0.115. The van der Waals surface area contributed by atoms with Gasteiger partial charge in [0.1, 0.15) is 11.5 Å². The third-order valence-electron chi connectivity index (χ3n) is 4.33. The van der Waals surface area contributed by atoms with E-state index in [1.165, 1.54) is 25.3 Å². The highest BCUT2D eigenvalue weighted by atomic mass is 19.3. The van der Waals surface area contributed by atoms with Gasteiger partial charge in [0.2, 0.25) is 5.91 Å². The van der Waals surface area contributed by atoms with Crippen LogP contribution in [0.3, 0.4) is 0 Å². The molecule has 0 aromatic heterocycles. The first kappa shape index (κ1) is 21.8. The van der Waals surface area contributed by atoms with Gasteiger partial charge in [0.05, 0.1) is 13.7 Å². The van der Waals surface area contributed by atoms with Crippen LogP contribution in [-0.2, 0) is 4.79 Å². The molecule has 0 radical (unpaired) electrons. The normalized spacial score (nSPS) is 10.5. The van der Waals surface area contributed by atoms with Crippen molar-refractivity contribution in [2.24, 2.45) is 0 Å². The second kappa shape index (κ2) is 10.2. The van der Waals surface area contributed by atoms with E-state index in [0.29, 0.717) is 28.1 Å². The number of benzene rings is 3. The first-order chi connectivity index (χ1) is 15.0. The molecule has 0 saturated heterocycles. The summed E-state index contributed by atoms with van der Waals surface area (Å²) >= 11 is 0. The summed E-state index contributed by atoms with van der Waals surface area (Å²) in [6.45, 7) is -3.24. The van der Waals surface area contributed by atoms with E-state index in [9.17, 15) is 18.4 Å². The highest BCUT2D eigenvalue weighted by Gasteiger charge is 2.14. The Kier molecular flexibility index (Phi) is 7.16. The number of alkyl halides is 2. The van der Waals surface area contributed by atoms with Gasteiger partial charge in [0.15, 0.2) is 0 Å². The first-order valence-electron chi connectivity index (χ1n) is 9.32. The molecule has 2 amide bonds. The zero-order valence-corrected chi connectivity index (χ0v) is 16.6. The number of halogens is 2. The summed E-state index contributed by atoms with van der Waals surface area (Å²) < 4.78 is 35.3. The van der Waals surface area contributed by atoms with E-state index in [2.05, 4.69) is 15.4 Å². The fourth-order valence-corrected chi connectivity index (χ4v) is 2.86. The number of carbonyl (C=O) groups is 2. The molecule has 3 aromatic carbocycles. The fraction of sp³-hybridized carbons (Fsp3) is 0.130. The SMILES string of the molecule is COc1ccc(-c2cc(NC(=O)CNC(=O)c3ccccc3)ccc2OC(F)F)cc1. The first-order valence-corrected chi connectivity index (χ1v) is 9.32. The Hall–Kier alpha value is -3.94. The third kappa shape index (κ3) is 6.02. The highest BCUT2D eigenvalue weighted by Crippen LogP contribution is 2.34. The molecule has 31 heavy (non-hydrogen) atoms. The molecule has 8 heteroatoms. The van der Waals surface area contributed by atoms with Crippen LogP contribution in [-0.4, -0.2) is 32.1 Å². The van der Waals surface area contributed by atoms with Crippen LogP contribution in [0.25, 0.3) is 11.1 Å². The molecule has 3 rings (SSSR count). The van der Waals surface area contributed by atoms with Gasteiger partial charge in [-0.15, -0.1) is 0 Å². The molecule has 0 atom stereocenters. The molecule has 2 N–H and O–H groups in total. The Morgan fingerprint density at radius 1 is 0.968 bits per heavy atom. The number of carbonyl (C=O) groups excluding carboxylic acids is 2. The Bertz CT molecular complexity index is 1040. The predicted octanol–water partition coefficient (Wildman–Crippen LogP) is 4.33. The lowest BCUT2D eigenvalue weighted by atomic mass is 10.0. The van der Waals surface area contributed by atoms with E-state index in [1.54, 1.807) is 54.6 Å². The van der Waals surface area contributed by atoms with Crippen LogP contribution in [0.1, 0.15) is 10.4 Å². The Morgan fingerprint density at radius 3 is 2.32 bits per heavy atom. The van der Waals surface area contributed by atoms with Crippen LogP contribution in [0.15, 0.2) is 72.8 Å². The summed E-state index contributed by atoms with van der Waals surface area (Å²) in [5.74, 6) is -0.267. The monoisotopic (exact) mass is 426 g/mol. The van der Waals surface area contributed by atoms with Gasteiger partial charge in [-0.3, -0.25) is 9.59 Å². The molecule has 0 bridgehead atoms. The van der Waals surface area contributed by atoms with Crippen molar-refractivity contribution in [3.63, 3.8) is 0 Å². The third-order valence-corrected chi connectivity index (χ3v) is 4.33. The van der Waals surface area contributed by atoms with Gasteiger partial charge in [-0.25, -0.2) is 0 Å². The smallest absolute Gasteiger partial charge is 0.387 e. The summed E-state index contributed by atoms with van der Waals surface area (Å²) in [4.78, 5) is 24.3. The van der Waals surface area contributed by atoms with Crippen molar-refractivity contribution < 1.29 is 27.8 Å². The minimum Gasteiger partial charge on any atom is -0.497 e. The number of rotatable bonds is 8. The number of ether oxygens (including phenoxy) is 2. The van der Waals surface area contributed by atoms with Crippen LogP contribution in [0.4, 0.5) is 14.5 Å². The highest BCUT2D eigenvalue weighted by molar-refractivity contribution is 5.99. The van der Waals surface area contributed by atoms with Crippen LogP contribution in [0.2, 0.25) is 0 Å². The molecular formula is C23H20F2N2O4. The summed E-state index contributed by atoms with van der Waals surface area (Å²) in [7, 11) is 1.52. The van der Waals surface area contributed by atoms with Gasteiger partial charge < -0.3 is 20.1 Å². The Balaban J connectivity index is 1.73. The average Bonchev–Trinajstić information content (AvgIpc) is 2.79. The number of anilines is 1. The van der Waals surface area contributed by atoms with Crippen molar-refractivity contribution in [3.05, 3.63) is 78.4 Å². The average molecular weight is 426 g/mol. The summed E-state index contributed by atoms with van der Waals surface area (Å²) in [5, 5.41) is 5.17. The van der Waals surface area contributed by atoms with Gasteiger partial charge in [0.25, 0.3) is 5.91 Å². The minimum absolute atomic E-state index is 0.0319. The number of hydrogen-bond donors (Lipinski definition) is 2. The van der Waals surface area contributed by atoms with Gasteiger partial charge in [-0.05, 0) is 48.0 Å². The fourth-order valence-electron chi connectivity index (χ4n) is 2.86. The second-order valence-corrected chi connectivity index (χ2v) is 6.41. The Morgan fingerprint density at radius 2 is 1.68 bits per heavy atom. The number of nitrogens with one attached hydrogen (secondary N) is 2. The van der Waals surface area contributed by atoms with Gasteiger partial charge >= 0.3 is 6.61 Å². The second-order valence-electron chi connectivity index (χ2n) is 6.41. The van der Waals surface area contributed by atoms with E-state index in [0.717, 1.165) is 0 Å². The molecule has 0 heterocycles. The molecule has 0 fully saturated rings. The Labute approximate surface area is 177 Å². The van der Waals surface area contributed by atoms with Crippen LogP contribution in [0, 0.1) is 0 Å². The molecule has 160 valence electrons. The van der Waals surface area contributed by atoms with Gasteiger partial charge in [0, 0.05) is 16.8 Å². The summed E-state index contributed by atoms with van der Waals surface area (Å²) in [6.07, 6.45) is 0. The molecule has 0 aliphatic heterocycles. The summed E-state index contributed by atoms with van der Waals surface area (Å²) in [6, 6.07) is 19.6. The van der Waals surface area contributed by atoms with E-state index < -0.39 is 12.5 Å². The molecule has 0 spiro atoms. The molecule has 0 aliphatic carbocycles. The molecule has 3 aromatic rings. The minimum atomic E-state index is -2.99. The standard InChI is InChI=1S/C23H20F2N2O4/c1-30-18-10-7-15(8-11-18)19-13-17(9-12-20(19)31-23(24)25)27-21(28)14-26-22(29)16-5-3-2-4-6-16/h2-13,23H,14H2,1H3,(H,26,29)(H,27,28). The van der Waals surface area contributed by atoms with E-state index >= 15 is 0 Å². The lowest BCUT2D eigenvalue weighted by Gasteiger charge is -2.14. The molecule has 0 saturated carbocycles. The van der Waals surface area contributed by atoms with Gasteiger partial charge in [-0.1, -0.05) is 30.3 Å². The largest absolute Gasteiger partial charge is 0.497 e. The van der Waals surface area contributed by atoms with Crippen molar-refractivity contribution in [1.82, 2.24) is 5.32 Å². The van der Waals surface area contributed by atoms with Crippen molar-refractivity contribution in [2.75, 3.05) is 19.0 Å². The van der Waals surface area contributed by atoms with Crippen LogP contribution >= 0.6 is 0 Å². The summed E-state index contributed by atoms with van der Waals surface area (Å²) in [5.41, 5.74) is 1.77. The quantitative estimate of drug-likeness (QED) is 0.562. The zero-order chi connectivity index (χ0) is 22.2. The van der Waals surface area contributed by atoms with Crippen molar-refractivity contribution in [1.29, 1.82) is 0 Å². The van der Waals surface area contributed by atoms with Crippen molar-refractivity contribution >= 4 is 17.5 Å².